The van der Waals surface area contributed by atoms with E-state index in [4.69, 9.17) is 11.0 Å². The molecular formula is C11H11BrFN7. The molecule has 2 atom stereocenters. The molecule has 7 nitrogen and oxygen atoms in total. The summed E-state index contributed by atoms with van der Waals surface area (Å²) in [5.41, 5.74) is 6.39. The lowest BCUT2D eigenvalue weighted by atomic mass is 10.1. The van der Waals surface area contributed by atoms with E-state index in [1.165, 1.54) is 11.1 Å². The fraction of sp³-hybridized carbons (Fsp3) is 0.455. The molecule has 104 valence electrons. The highest BCUT2D eigenvalue weighted by atomic mass is 79.9. The molecule has 9 heteroatoms. The van der Waals surface area contributed by atoms with E-state index in [1.807, 2.05) is 6.07 Å². The van der Waals surface area contributed by atoms with Gasteiger partial charge in [-0.15, -0.1) is 5.10 Å². The number of piperidine rings is 1. The van der Waals surface area contributed by atoms with Crippen LogP contribution in [0.2, 0.25) is 0 Å². The Kier molecular flexibility index (Phi) is 3.27. The number of nitrogens with two attached hydrogens (primary N) is 1. The number of rotatable bonds is 1. The van der Waals surface area contributed by atoms with Gasteiger partial charge in [0.05, 0.1) is 11.9 Å². The minimum atomic E-state index is -1.11. The minimum Gasteiger partial charge on any atom is -0.325 e. The largest absolute Gasteiger partial charge is 0.325 e. The Balaban J connectivity index is 2.07. The number of halogens is 2. The smallest absolute Gasteiger partial charge is 0.186 e. The first-order valence-corrected chi connectivity index (χ1v) is 6.85. The van der Waals surface area contributed by atoms with E-state index < -0.39 is 12.2 Å². The van der Waals surface area contributed by atoms with Crippen LogP contribution in [0.3, 0.4) is 0 Å². The number of alkyl halides is 1. The normalized spacial score (nSPS) is 23.0. The summed E-state index contributed by atoms with van der Waals surface area (Å²) in [6.07, 6.45) is 0.726. The Bertz CT molecular complexity index is 694. The van der Waals surface area contributed by atoms with Crippen molar-refractivity contribution in [3.8, 4) is 6.07 Å². The Morgan fingerprint density at radius 1 is 1.50 bits per heavy atom. The molecule has 1 aliphatic rings. The van der Waals surface area contributed by atoms with Crippen LogP contribution in [0.5, 0.6) is 0 Å². The zero-order valence-electron chi connectivity index (χ0n) is 10.4. The van der Waals surface area contributed by atoms with Crippen LogP contribution in [0.1, 0.15) is 12.1 Å². The van der Waals surface area contributed by atoms with Gasteiger partial charge in [0.1, 0.15) is 23.2 Å². The third kappa shape index (κ3) is 2.01. The molecule has 3 heterocycles. The molecule has 1 saturated heterocycles. The van der Waals surface area contributed by atoms with Crippen LogP contribution in [0.25, 0.3) is 11.0 Å². The molecule has 0 aromatic carbocycles. The maximum Gasteiger partial charge on any atom is 0.186 e. The second kappa shape index (κ2) is 4.96. The Labute approximate surface area is 122 Å². The van der Waals surface area contributed by atoms with E-state index in [1.54, 1.807) is 5.01 Å². The standard InChI is InChI=1S/C11H11BrFN7/c12-10-9-8(3-14)16-5-17-11(9)20(18-10)19-2-1-7(15)6(13)4-19/h5-7H,1-2,4,15H2/t6-,7-/m1/s1. The van der Waals surface area contributed by atoms with Crippen LogP contribution >= 0.6 is 15.9 Å². The molecule has 2 aromatic heterocycles. The summed E-state index contributed by atoms with van der Waals surface area (Å²) in [6, 6.07) is 1.55. The quantitative estimate of drug-likeness (QED) is 0.811. The monoisotopic (exact) mass is 339 g/mol. The van der Waals surface area contributed by atoms with Gasteiger partial charge in [-0.3, -0.25) is 5.01 Å². The van der Waals surface area contributed by atoms with Crippen LogP contribution < -0.4 is 10.7 Å². The van der Waals surface area contributed by atoms with Crippen molar-refractivity contribution in [3.05, 3.63) is 16.6 Å². The van der Waals surface area contributed by atoms with Gasteiger partial charge in [0.25, 0.3) is 0 Å². The summed E-state index contributed by atoms with van der Waals surface area (Å²) in [7, 11) is 0. The molecule has 0 spiro atoms. The zero-order chi connectivity index (χ0) is 14.3. The summed E-state index contributed by atoms with van der Waals surface area (Å²) < 4.78 is 14.2. The van der Waals surface area contributed by atoms with Crippen molar-refractivity contribution in [1.82, 2.24) is 19.9 Å². The zero-order valence-corrected chi connectivity index (χ0v) is 12.0. The predicted molar refractivity (Wildman–Crippen MR) is 73.2 cm³/mol. The molecule has 2 N–H and O–H groups in total. The first kappa shape index (κ1) is 13.2. The van der Waals surface area contributed by atoms with E-state index in [9.17, 15) is 4.39 Å². The molecule has 0 amide bonds. The van der Waals surface area contributed by atoms with Gasteiger partial charge in [-0.05, 0) is 22.4 Å². The van der Waals surface area contributed by atoms with E-state index >= 15 is 0 Å². The van der Waals surface area contributed by atoms with Crippen LogP contribution in [0.15, 0.2) is 10.9 Å². The molecule has 0 unspecified atom stereocenters. The first-order chi connectivity index (χ1) is 9.61. The molecule has 1 aliphatic heterocycles. The lowest BCUT2D eigenvalue weighted by Gasteiger charge is -2.33. The van der Waals surface area contributed by atoms with Gasteiger partial charge in [0.2, 0.25) is 0 Å². The van der Waals surface area contributed by atoms with Gasteiger partial charge in [0, 0.05) is 12.6 Å². The summed E-state index contributed by atoms with van der Waals surface area (Å²) in [5, 5.41) is 15.6. The molecule has 20 heavy (non-hydrogen) atoms. The summed E-state index contributed by atoms with van der Waals surface area (Å²) in [5.74, 6) is 0. The van der Waals surface area contributed by atoms with E-state index in [0.717, 1.165) is 0 Å². The van der Waals surface area contributed by atoms with Crippen molar-refractivity contribution >= 4 is 27.0 Å². The first-order valence-electron chi connectivity index (χ1n) is 6.06. The Morgan fingerprint density at radius 2 is 2.30 bits per heavy atom. The summed E-state index contributed by atoms with van der Waals surface area (Å²) >= 11 is 3.29. The second-order valence-electron chi connectivity index (χ2n) is 4.59. The molecule has 1 fully saturated rings. The fourth-order valence-electron chi connectivity index (χ4n) is 2.26. The van der Waals surface area contributed by atoms with Crippen molar-refractivity contribution in [2.75, 3.05) is 18.1 Å². The van der Waals surface area contributed by atoms with E-state index in [-0.39, 0.29) is 12.2 Å². The molecule has 3 rings (SSSR count). The lowest BCUT2D eigenvalue weighted by Crippen LogP contribution is -2.53. The van der Waals surface area contributed by atoms with Crippen molar-refractivity contribution in [1.29, 1.82) is 5.26 Å². The SMILES string of the molecule is N#Cc1ncnc2c1c(Br)nn2N1CC[C@@H](N)[C@H](F)C1. The summed E-state index contributed by atoms with van der Waals surface area (Å²) in [4.78, 5) is 9.56. The number of nitriles is 1. The van der Waals surface area contributed by atoms with Crippen LogP contribution in [0, 0.1) is 11.3 Å². The topological polar surface area (TPSA) is 96.6 Å². The van der Waals surface area contributed by atoms with Crippen LogP contribution in [0.4, 0.5) is 4.39 Å². The van der Waals surface area contributed by atoms with Crippen molar-refractivity contribution < 1.29 is 4.39 Å². The van der Waals surface area contributed by atoms with Crippen LogP contribution in [-0.4, -0.2) is 45.2 Å². The lowest BCUT2D eigenvalue weighted by molar-refractivity contribution is 0.229. The molecule has 0 bridgehead atoms. The molecule has 0 aliphatic carbocycles. The van der Waals surface area contributed by atoms with Gasteiger partial charge in [0.15, 0.2) is 11.3 Å². The number of hydrogen-bond acceptors (Lipinski definition) is 6. The Morgan fingerprint density at radius 3 is 3.00 bits per heavy atom. The van der Waals surface area contributed by atoms with Crippen molar-refractivity contribution in [3.63, 3.8) is 0 Å². The van der Waals surface area contributed by atoms with Gasteiger partial charge in [-0.25, -0.2) is 14.4 Å². The predicted octanol–water partition coefficient (Wildman–Crippen LogP) is 0.468. The van der Waals surface area contributed by atoms with Gasteiger partial charge in [-0.1, -0.05) is 0 Å². The molecule has 2 aromatic rings. The highest BCUT2D eigenvalue weighted by Crippen LogP contribution is 2.25. The third-order valence-electron chi connectivity index (χ3n) is 3.35. The van der Waals surface area contributed by atoms with E-state index in [0.29, 0.717) is 28.6 Å². The number of nitrogens with zero attached hydrogens (tertiary/aromatic N) is 6. The van der Waals surface area contributed by atoms with Crippen LogP contribution in [-0.2, 0) is 0 Å². The van der Waals surface area contributed by atoms with Crippen molar-refractivity contribution in [2.45, 2.75) is 18.6 Å². The highest BCUT2D eigenvalue weighted by Gasteiger charge is 2.29. The third-order valence-corrected chi connectivity index (χ3v) is 3.90. The maximum atomic E-state index is 13.8. The highest BCUT2D eigenvalue weighted by molar-refractivity contribution is 9.10. The van der Waals surface area contributed by atoms with Gasteiger partial charge in [-0.2, -0.15) is 10.1 Å². The Hall–Kier alpha value is -1.79. The number of aromatic nitrogens is 4. The fourth-order valence-corrected chi connectivity index (χ4v) is 2.77. The summed E-state index contributed by atoms with van der Waals surface area (Å²) in [6.45, 7) is 0.729. The van der Waals surface area contributed by atoms with Crippen molar-refractivity contribution in [2.24, 2.45) is 5.73 Å². The molecule has 0 radical (unpaired) electrons. The van der Waals surface area contributed by atoms with E-state index in [2.05, 4.69) is 31.0 Å². The van der Waals surface area contributed by atoms with Gasteiger partial charge < -0.3 is 5.73 Å². The maximum absolute atomic E-state index is 13.8. The second-order valence-corrected chi connectivity index (χ2v) is 5.35. The molecule has 0 saturated carbocycles. The number of fused-ring (bicyclic) bond motifs is 1. The minimum absolute atomic E-state index is 0.149. The van der Waals surface area contributed by atoms with Gasteiger partial charge >= 0.3 is 0 Å². The average molecular weight is 340 g/mol. The average Bonchev–Trinajstić information content (AvgIpc) is 2.79. The number of hydrogen-bond donors (Lipinski definition) is 1. The molecular weight excluding hydrogens is 329 g/mol.